The minimum Gasteiger partial charge on any atom is -0.384 e. The largest absolute Gasteiger partial charge is 0.384 e. The summed E-state index contributed by atoms with van der Waals surface area (Å²) >= 11 is 0. The second-order valence-corrected chi connectivity index (χ2v) is 11.0. The molecule has 0 aliphatic carbocycles. The lowest BCUT2D eigenvalue weighted by molar-refractivity contribution is 0.0742. The van der Waals surface area contributed by atoms with Crippen LogP contribution in [-0.4, -0.2) is 29.7 Å². The number of hydrogen-bond donors (Lipinski definition) is 1. The molecular weight excluding hydrogens is 277 g/mol. The zero-order chi connectivity index (χ0) is 16.0. The number of pyridine rings is 1. The van der Waals surface area contributed by atoms with Gasteiger partial charge in [0.1, 0.15) is 5.60 Å². The van der Waals surface area contributed by atoms with Crippen molar-refractivity contribution in [1.82, 2.24) is 4.98 Å². The molecule has 1 aromatic heterocycles. The van der Waals surface area contributed by atoms with Crippen molar-refractivity contribution in [3.8, 4) is 0 Å². The van der Waals surface area contributed by atoms with Crippen LogP contribution in [0, 0.1) is 0 Å². The van der Waals surface area contributed by atoms with Crippen molar-refractivity contribution in [2.45, 2.75) is 39.2 Å². The summed E-state index contributed by atoms with van der Waals surface area (Å²) in [5.41, 5.74) is 2.11. The smallest absolute Gasteiger partial charge is 0.101 e. The highest BCUT2D eigenvalue weighted by molar-refractivity contribution is 7.79. The van der Waals surface area contributed by atoms with E-state index in [0.29, 0.717) is 11.6 Å². The van der Waals surface area contributed by atoms with Gasteiger partial charge in [0.2, 0.25) is 0 Å². The van der Waals surface area contributed by atoms with Crippen LogP contribution in [0.4, 0.5) is 0 Å². The molecule has 2 rings (SSSR count). The van der Waals surface area contributed by atoms with Gasteiger partial charge in [0.05, 0.1) is 11.2 Å². The fraction of sp³-hybridized carbons (Fsp3) is 0.444. The quantitative estimate of drug-likeness (QED) is 0.872. The zero-order valence-corrected chi connectivity index (χ0v) is 14.8. The fourth-order valence-corrected chi connectivity index (χ4v) is 4.56. The summed E-state index contributed by atoms with van der Waals surface area (Å²) in [6, 6.07) is 8.28. The van der Waals surface area contributed by atoms with Crippen LogP contribution in [0.2, 0.25) is 0 Å². The second-order valence-electron chi connectivity index (χ2n) is 7.17. The molecule has 0 radical (unpaired) electrons. The summed E-state index contributed by atoms with van der Waals surface area (Å²) in [6.07, 6.45) is 4.44. The van der Waals surface area contributed by atoms with E-state index in [2.05, 4.69) is 56.7 Å². The molecular formula is C18H26NOP. The van der Waals surface area contributed by atoms with Crippen molar-refractivity contribution in [3.63, 3.8) is 0 Å². The highest BCUT2D eigenvalue weighted by Gasteiger charge is 2.21. The maximum absolute atomic E-state index is 10.2. The predicted octanol–water partition coefficient (Wildman–Crippen LogP) is 3.92. The first-order chi connectivity index (χ1) is 9.51. The van der Waals surface area contributed by atoms with Gasteiger partial charge in [-0.05, 0) is 56.1 Å². The molecule has 21 heavy (non-hydrogen) atoms. The Morgan fingerprint density at radius 3 is 2.24 bits per heavy atom. The number of rotatable bonds is 3. The molecule has 0 atom stereocenters. The average Bonchev–Trinajstić information content (AvgIpc) is 2.34. The molecule has 0 spiro atoms. The van der Waals surface area contributed by atoms with Crippen LogP contribution >= 0.6 is 6.89 Å². The number of hydrogen-bond acceptors (Lipinski definition) is 2. The van der Waals surface area contributed by atoms with E-state index in [1.54, 1.807) is 13.8 Å². The molecule has 2 aromatic rings. The highest BCUT2D eigenvalue weighted by atomic mass is 31.2. The van der Waals surface area contributed by atoms with Crippen molar-refractivity contribution in [1.29, 1.82) is 0 Å². The Hall–Kier alpha value is -1.11. The van der Waals surface area contributed by atoms with Crippen molar-refractivity contribution in [2.24, 2.45) is 0 Å². The normalized spacial score (nSPS) is 13.1. The number of nitrogens with zero attached hydrogens (tertiary/aromatic N) is 1. The third kappa shape index (κ3) is 3.22. The van der Waals surface area contributed by atoms with Gasteiger partial charge >= 0.3 is 0 Å². The van der Waals surface area contributed by atoms with Crippen LogP contribution in [0.15, 0.2) is 24.3 Å². The summed E-state index contributed by atoms with van der Waals surface area (Å²) in [5.74, 6) is 0.472. The standard InChI is InChI=1S/C18H26NOP/c1-12(2)13-8-10-15-14(17(13)21(5,6)7)9-11-16(19-15)18(3,4)20/h8-12,20H,5H2,1-4,6-7H3. The first-order valence-corrected chi connectivity index (χ1v) is 10.2. The first kappa shape index (κ1) is 16.3. The average molecular weight is 303 g/mol. The maximum atomic E-state index is 10.2. The molecule has 2 nitrogen and oxygen atoms in total. The lowest BCUT2D eigenvalue weighted by Crippen LogP contribution is -2.19. The number of benzene rings is 1. The second kappa shape index (κ2) is 5.26. The molecule has 1 aromatic carbocycles. The summed E-state index contributed by atoms with van der Waals surface area (Å²) in [6.45, 7) is 11.1. The Morgan fingerprint density at radius 2 is 1.76 bits per heavy atom. The summed E-state index contributed by atoms with van der Waals surface area (Å²) in [4.78, 5) is 4.66. The molecule has 0 saturated carbocycles. The van der Waals surface area contributed by atoms with Crippen LogP contribution in [0.5, 0.6) is 0 Å². The first-order valence-electron chi connectivity index (χ1n) is 7.37. The fourth-order valence-electron chi connectivity index (χ4n) is 2.69. The van der Waals surface area contributed by atoms with Crippen LogP contribution in [0.25, 0.3) is 10.9 Å². The van der Waals surface area contributed by atoms with Crippen LogP contribution in [0.3, 0.4) is 0 Å². The third-order valence-electron chi connectivity index (χ3n) is 3.73. The van der Waals surface area contributed by atoms with Gasteiger partial charge in [-0.3, -0.25) is 0 Å². The van der Waals surface area contributed by atoms with Gasteiger partial charge in [-0.15, -0.1) is 0 Å². The van der Waals surface area contributed by atoms with Gasteiger partial charge in [-0.1, -0.05) is 39.2 Å². The monoisotopic (exact) mass is 303 g/mol. The summed E-state index contributed by atoms with van der Waals surface area (Å²) < 4.78 is 0. The Balaban J connectivity index is 2.83. The van der Waals surface area contributed by atoms with Crippen molar-refractivity contribution >= 4 is 29.4 Å². The molecule has 0 amide bonds. The number of aliphatic hydroxyl groups is 1. The molecule has 114 valence electrons. The Morgan fingerprint density at radius 1 is 1.14 bits per heavy atom. The van der Waals surface area contributed by atoms with E-state index in [9.17, 15) is 5.11 Å². The predicted molar refractivity (Wildman–Crippen MR) is 96.6 cm³/mol. The minimum atomic E-state index is -1.41. The zero-order valence-electron chi connectivity index (χ0n) is 13.9. The third-order valence-corrected chi connectivity index (χ3v) is 5.44. The molecule has 1 N–H and O–H groups in total. The van der Waals surface area contributed by atoms with E-state index in [4.69, 9.17) is 0 Å². The van der Waals surface area contributed by atoms with E-state index in [1.807, 2.05) is 6.07 Å². The molecule has 0 aliphatic heterocycles. The van der Waals surface area contributed by atoms with Gasteiger partial charge in [0.15, 0.2) is 0 Å². The van der Waals surface area contributed by atoms with Gasteiger partial charge < -0.3 is 5.11 Å². The molecule has 1 heterocycles. The van der Waals surface area contributed by atoms with E-state index in [-0.39, 0.29) is 0 Å². The Bertz CT molecular complexity index is 720. The van der Waals surface area contributed by atoms with E-state index >= 15 is 0 Å². The van der Waals surface area contributed by atoms with Crippen molar-refractivity contribution in [2.75, 3.05) is 13.3 Å². The van der Waals surface area contributed by atoms with Crippen LogP contribution < -0.4 is 5.30 Å². The molecule has 3 heteroatoms. The Labute approximate surface area is 128 Å². The van der Waals surface area contributed by atoms with E-state index < -0.39 is 12.5 Å². The van der Waals surface area contributed by atoms with Gasteiger partial charge in [0, 0.05) is 5.39 Å². The van der Waals surface area contributed by atoms with E-state index in [1.165, 1.54) is 16.3 Å². The van der Waals surface area contributed by atoms with Crippen LogP contribution in [0.1, 0.15) is 44.9 Å². The Kier molecular flexibility index (Phi) is 4.08. The van der Waals surface area contributed by atoms with E-state index in [0.717, 1.165) is 5.52 Å². The van der Waals surface area contributed by atoms with Gasteiger partial charge in [-0.2, -0.15) is 0 Å². The summed E-state index contributed by atoms with van der Waals surface area (Å²) in [5, 5.41) is 12.7. The molecule has 0 aliphatic rings. The lowest BCUT2D eigenvalue weighted by atomic mass is 9.99. The number of aromatic nitrogens is 1. The molecule has 0 saturated heterocycles. The topological polar surface area (TPSA) is 33.1 Å². The maximum Gasteiger partial charge on any atom is 0.101 e. The van der Waals surface area contributed by atoms with Crippen LogP contribution in [-0.2, 0) is 5.60 Å². The summed E-state index contributed by atoms with van der Waals surface area (Å²) in [7, 11) is 0. The molecule has 0 fully saturated rings. The SMILES string of the molecule is C=P(C)(C)c1c(C(C)C)ccc2nc(C(C)(C)O)ccc12. The van der Waals surface area contributed by atoms with Crippen molar-refractivity contribution < 1.29 is 5.11 Å². The lowest BCUT2D eigenvalue weighted by Gasteiger charge is -2.24. The number of fused-ring (bicyclic) bond motifs is 1. The molecule has 0 bridgehead atoms. The van der Waals surface area contributed by atoms with Gasteiger partial charge in [-0.25, -0.2) is 4.98 Å². The van der Waals surface area contributed by atoms with Crippen molar-refractivity contribution in [3.05, 3.63) is 35.5 Å². The molecule has 0 unspecified atom stereocenters. The minimum absolute atomic E-state index is 0.472. The highest BCUT2D eigenvalue weighted by Crippen LogP contribution is 2.40. The van der Waals surface area contributed by atoms with Gasteiger partial charge in [0.25, 0.3) is 0 Å².